The third-order valence-electron chi connectivity index (χ3n) is 7.03. The molecule has 0 bridgehead atoms. The molecule has 0 unspecified atom stereocenters. The van der Waals surface area contributed by atoms with Crippen LogP contribution in [0, 0.1) is 0 Å². The number of ether oxygens (including phenoxy) is 1. The summed E-state index contributed by atoms with van der Waals surface area (Å²) < 4.78 is 6.50. The molecule has 2 N–H and O–H groups in total. The number of amides is 3. The third kappa shape index (κ3) is 5.88. The summed E-state index contributed by atoms with van der Waals surface area (Å²) in [6.45, 7) is 4.70. The third-order valence-corrected chi connectivity index (χ3v) is 7.56. The van der Waals surface area contributed by atoms with Crippen molar-refractivity contribution in [1.82, 2.24) is 4.90 Å². The molecule has 2 aliphatic heterocycles. The molecule has 0 aromatic heterocycles. The average Bonchev–Trinajstić information content (AvgIpc) is 3.49. The van der Waals surface area contributed by atoms with Gasteiger partial charge in [-0.25, -0.2) is 4.79 Å². The summed E-state index contributed by atoms with van der Waals surface area (Å²) in [5.74, 6) is 0.879. The van der Waals surface area contributed by atoms with Gasteiger partial charge in [0.05, 0.1) is 18.4 Å². The van der Waals surface area contributed by atoms with Crippen molar-refractivity contribution in [3.8, 4) is 5.75 Å². The fourth-order valence-electron chi connectivity index (χ4n) is 5.06. The maximum Gasteiger partial charge on any atom is 0.323 e. The minimum absolute atomic E-state index is 0.0154. The van der Waals surface area contributed by atoms with Crippen molar-refractivity contribution in [2.24, 2.45) is 0 Å². The van der Waals surface area contributed by atoms with Crippen LogP contribution in [0.3, 0.4) is 0 Å². The van der Waals surface area contributed by atoms with Crippen molar-refractivity contribution in [2.75, 3.05) is 66.8 Å². The molecule has 2 saturated heterocycles. The van der Waals surface area contributed by atoms with E-state index >= 15 is 0 Å². The molecule has 0 atom stereocenters. The minimum Gasteiger partial charge on any atom is -0.495 e. The number of anilines is 4. The number of likely N-dealkylation sites (tertiary alicyclic amines) is 1. The number of para-hydroxylation sites is 2. The summed E-state index contributed by atoms with van der Waals surface area (Å²) >= 11 is 3.40. The van der Waals surface area contributed by atoms with Crippen molar-refractivity contribution in [3.63, 3.8) is 0 Å². The van der Waals surface area contributed by atoms with E-state index in [2.05, 4.69) is 42.4 Å². The Labute approximate surface area is 231 Å². The lowest BCUT2D eigenvalue weighted by atomic mass is 10.1. The van der Waals surface area contributed by atoms with Crippen molar-refractivity contribution in [3.05, 3.63) is 76.8 Å². The highest BCUT2D eigenvalue weighted by Crippen LogP contribution is 2.32. The molecule has 198 valence electrons. The number of hydrogen-bond donors (Lipinski definition) is 2. The van der Waals surface area contributed by atoms with Crippen molar-refractivity contribution >= 4 is 50.6 Å². The molecular formula is C29H32BrN5O3. The van der Waals surface area contributed by atoms with Gasteiger partial charge in [-0.05, 0) is 67.4 Å². The van der Waals surface area contributed by atoms with Crippen molar-refractivity contribution < 1.29 is 14.3 Å². The normalized spacial score (nSPS) is 15.4. The number of halogens is 1. The number of hydrogen-bond acceptors (Lipinski definition) is 5. The van der Waals surface area contributed by atoms with Gasteiger partial charge in [0.2, 0.25) is 0 Å². The summed E-state index contributed by atoms with van der Waals surface area (Å²) in [5.41, 5.74) is 3.88. The average molecular weight is 579 g/mol. The fraction of sp³-hybridized carbons (Fsp3) is 0.310. The zero-order valence-electron chi connectivity index (χ0n) is 21.5. The van der Waals surface area contributed by atoms with Gasteiger partial charge in [-0.1, -0.05) is 28.1 Å². The zero-order chi connectivity index (χ0) is 26.5. The van der Waals surface area contributed by atoms with Crippen LogP contribution < -0.4 is 25.2 Å². The quantitative estimate of drug-likeness (QED) is 0.395. The highest BCUT2D eigenvalue weighted by molar-refractivity contribution is 9.10. The van der Waals surface area contributed by atoms with Gasteiger partial charge >= 0.3 is 6.03 Å². The number of urea groups is 1. The minimum atomic E-state index is -0.356. The summed E-state index contributed by atoms with van der Waals surface area (Å²) in [6.07, 6.45) is 2.04. The van der Waals surface area contributed by atoms with E-state index in [1.165, 1.54) is 0 Å². The second-order valence-corrected chi connectivity index (χ2v) is 10.4. The van der Waals surface area contributed by atoms with Crippen LogP contribution in [0.5, 0.6) is 5.75 Å². The van der Waals surface area contributed by atoms with E-state index in [1.54, 1.807) is 7.11 Å². The van der Waals surface area contributed by atoms with Gasteiger partial charge < -0.3 is 30.1 Å². The smallest absolute Gasteiger partial charge is 0.323 e. The van der Waals surface area contributed by atoms with Crippen LogP contribution in [-0.4, -0.2) is 63.2 Å². The molecular weight excluding hydrogens is 546 g/mol. The molecule has 3 amide bonds. The molecule has 0 aliphatic carbocycles. The fourth-order valence-corrected chi connectivity index (χ4v) is 5.32. The van der Waals surface area contributed by atoms with E-state index in [9.17, 15) is 9.59 Å². The SMILES string of the molecule is COc1ccccc1N1CCN(c2ccc(NC(=O)Nc3ccc(Br)cc3)cc2C(=O)N2CCCC2)CC1. The Hall–Kier alpha value is -3.72. The van der Waals surface area contributed by atoms with Gasteiger partial charge in [0.1, 0.15) is 5.75 Å². The summed E-state index contributed by atoms with van der Waals surface area (Å²) in [6, 6.07) is 20.7. The first-order valence-electron chi connectivity index (χ1n) is 12.9. The van der Waals surface area contributed by atoms with Gasteiger partial charge in [0.25, 0.3) is 5.91 Å². The standard InChI is InChI=1S/C29H32BrN5O3/c1-38-27-7-3-2-6-26(27)34-18-16-33(17-19-34)25-13-12-23(20-24(25)28(36)35-14-4-5-15-35)32-29(37)31-22-10-8-21(30)9-11-22/h2-3,6-13,20H,4-5,14-19H2,1H3,(H2,31,32,37). The van der Waals surface area contributed by atoms with Gasteiger partial charge in [-0.3, -0.25) is 4.79 Å². The van der Waals surface area contributed by atoms with E-state index in [0.29, 0.717) is 16.9 Å². The number of piperazine rings is 1. The number of carbonyl (C=O) groups excluding carboxylic acids is 2. The van der Waals surface area contributed by atoms with E-state index in [-0.39, 0.29) is 11.9 Å². The van der Waals surface area contributed by atoms with Crippen LogP contribution in [0.2, 0.25) is 0 Å². The highest BCUT2D eigenvalue weighted by Gasteiger charge is 2.27. The largest absolute Gasteiger partial charge is 0.495 e. The predicted molar refractivity (Wildman–Crippen MR) is 156 cm³/mol. The maximum absolute atomic E-state index is 13.6. The van der Waals surface area contributed by atoms with E-state index in [0.717, 1.165) is 73.7 Å². The molecule has 5 rings (SSSR count). The van der Waals surface area contributed by atoms with Crippen molar-refractivity contribution in [1.29, 1.82) is 0 Å². The Morgan fingerprint density at radius 3 is 2.05 bits per heavy atom. The van der Waals surface area contributed by atoms with Gasteiger partial charge in [0, 0.05) is 60.8 Å². The molecule has 0 spiro atoms. The van der Waals surface area contributed by atoms with Crippen LogP contribution in [0.4, 0.5) is 27.5 Å². The molecule has 3 aromatic rings. The molecule has 0 saturated carbocycles. The number of rotatable bonds is 6. The lowest BCUT2D eigenvalue weighted by Crippen LogP contribution is -2.47. The number of methoxy groups -OCH3 is 1. The molecule has 0 radical (unpaired) electrons. The number of carbonyl (C=O) groups is 2. The Balaban J connectivity index is 1.33. The summed E-state index contributed by atoms with van der Waals surface area (Å²) in [5, 5.41) is 5.73. The van der Waals surface area contributed by atoms with Gasteiger partial charge in [-0.2, -0.15) is 0 Å². The molecule has 9 heteroatoms. The second kappa shape index (κ2) is 11.8. The van der Waals surface area contributed by atoms with Gasteiger partial charge in [0.15, 0.2) is 0 Å². The Bertz CT molecular complexity index is 1290. The van der Waals surface area contributed by atoms with Crippen LogP contribution in [0.1, 0.15) is 23.2 Å². The maximum atomic E-state index is 13.6. The molecule has 8 nitrogen and oxygen atoms in total. The Kier molecular flexibility index (Phi) is 8.03. The van der Waals surface area contributed by atoms with Crippen LogP contribution in [0.15, 0.2) is 71.2 Å². The second-order valence-electron chi connectivity index (χ2n) is 9.46. The lowest BCUT2D eigenvalue weighted by molar-refractivity contribution is 0.0793. The van der Waals surface area contributed by atoms with E-state index in [1.807, 2.05) is 65.6 Å². The first-order chi connectivity index (χ1) is 18.5. The van der Waals surface area contributed by atoms with Gasteiger partial charge in [-0.15, -0.1) is 0 Å². The first kappa shape index (κ1) is 25.9. The molecule has 38 heavy (non-hydrogen) atoms. The number of nitrogens with zero attached hydrogens (tertiary/aromatic N) is 3. The Morgan fingerprint density at radius 1 is 0.763 bits per heavy atom. The molecule has 2 heterocycles. The monoisotopic (exact) mass is 577 g/mol. The van der Waals surface area contributed by atoms with E-state index < -0.39 is 0 Å². The topological polar surface area (TPSA) is 77.1 Å². The number of benzene rings is 3. The highest BCUT2D eigenvalue weighted by atomic mass is 79.9. The van der Waals surface area contributed by atoms with E-state index in [4.69, 9.17) is 4.74 Å². The first-order valence-corrected chi connectivity index (χ1v) is 13.7. The predicted octanol–water partition coefficient (Wildman–Crippen LogP) is 5.66. The van der Waals surface area contributed by atoms with Crippen molar-refractivity contribution in [2.45, 2.75) is 12.8 Å². The zero-order valence-corrected chi connectivity index (χ0v) is 23.0. The summed E-state index contributed by atoms with van der Waals surface area (Å²) in [7, 11) is 1.69. The molecule has 2 fully saturated rings. The van der Waals surface area contributed by atoms with Crippen LogP contribution in [0.25, 0.3) is 0 Å². The Morgan fingerprint density at radius 2 is 1.37 bits per heavy atom. The summed E-state index contributed by atoms with van der Waals surface area (Å²) in [4.78, 5) is 32.7. The van der Waals surface area contributed by atoms with Crippen LogP contribution in [-0.2, 0) is 0 Å². The lowest BCUT2D eigenvalue weighted by Gasteiger charge is -2.38. The molecule has 3 aromatic carbocycles. The molecule has 2 aliphatic rings. The van der Waals surface area contributed by atoms with Crippen LogP contribution >= 0.6 is 15.9 Å². The number of nitrogens with one attached hydrogen (secondary N) is 2.